The van der Waals surface area contributed by atoms with Crippen molar-refractivity contribution in [3.8, 4) is 27.3 Å². The molecule has 0 aliphatic heterocycles. The number of nitrogens with zero attached hydrogens (tertiary/aromatic N) is 1. The second-order valence-electron chi connectivity index (χ2n) is 6.45. The molecule has 31 heavy (non-hydrogen) atoms. The van der Waals surface area contributed by atoms with Crippen LogP contribution in [0.4, 0.5) is 14.5 Å². The van der Waals surface area contributed by atoms with Crippen molar-refractivity contribution in [2.75, 3.05) is 4.72 Å². The minimum atomic E-state index is -4.48. The molecule has 0 atom stereocenters. The Balaban J connectivity index is 1.78. The molecule has 0 unspecified atom stereocenters. The molecule has 4 aromatic rings. The van der Waals surface area contributed by atoms with Crippen LogP contribution in [0.5, 0.6) is 5.75 Å². The van der Waals surface area contributed by atoms with E-state index in [-0.39, 0.29) is 10.6 Å². The Kier molecular flexibility index (Phi) is 5.65. The molecule has 1 heterocycles. The van der Waals surface area contributed by atoms with Gasteiger partial charge in [0, 0.05) is 17.8 Å². The van der Waals surface area contributed by atoms with Crippen LogP contribution >= 0.6 is 22.9 Å². The van der Waals surface area contributed by atoms with E-state index in [1.165, 1.54) is 29.7 Å². The van der Waals surface area contributed by atoms with E-state index < -0.39 is 38.0 Å². The van der Waals surface area contributed by atoms with Gasteiger partial charge in [0.2, 0.25) is 0 Å². The molecule has 158 valence electrons. The van der Waals surface area contributed by atoms with E-state index in [1.807, 2.05) is 0 Å². The normalized spacial score (nSPS) is 11.5. The number of halogens is 3. The van der Waals surface area contributed by atoms with E-state index in [2.05, 4.69) is 9.71 Å². The third kappa shape index (κ3) is 4.25. The van der Waals surface area contributed by atoms with Crippen LogP contribution in [0.2, 0.25) is 5.02 Å². The number of thiazole rings is 1. The highest BCUT2D eigenvalue weighted by Crippen LogP contribution is 2.38. The Morgan fingerprint density at radius 3 is 2.42 bits per heavy atom. The van der Waals surface area contributed by atoms with E-state index >= 15 is 0 Å². The van der Waals surface area contributed by atoms with E-state index in [0.29, 0.717) is 22.1 Å². The first-order chi connectivity index (χ1) is 14.8. The Hall–Kier alpha value is -3.01. The minimum Gasteiger partial charge on any atom is -0.505 e. The van der Waals surface area contributed by atoms with E-state index in [0.717, 1.165) is 6.07 Å². The number of phenolic OH excluding ortho intramolecular Hbond substituents is 1. The lowest BCUT2D eigenvalue weighted by Crippen LogP contribution is -2.15. The number of hydrogen-bond acceptors (Lipinski definition) is 5. The topological polar surface area (TPSA) is 79.3 Å². The molecule has 0 radical (unpaired) electrons. The number of sulfonamides is 1. The number of benzene rings is 3. The summed E-state index contributed by atoms with van der Waals surface area (Å²) in [4.78, 5) is 4.01. The third-order valence-corrected chi connectivity index (χ3v) is 6.91. The van der Waals surface area contributed by atoms with Crippen LogP contribution in [0.15, 0.2) is 71.2 Å². The number of aromatic hydroxyl groups is 1. The monoisotopic (exact) mass is 478 g/mol. The van der Waals surface area contributed by atoms with Crippen molar-refractivity contribution < 1.29 is 22.3 Å². The Morgan fingerprint density at radius 1 is 1.00 bits per heavy atom. The largest absolute Gasteiger partial charge is 0.505 e. The van der Waals surface area contributed by atoms with Crippen LogP contribution in [0.1, 0.15) is 0 Å². The molecule has 0 fully saturated rings. The lowest BCUT2D eigenvalue weighted by Gasteiger charge is -2.14. The van der Waals surface area contributed by atoms with Gasteiger partial charge in [-0.2, -0.15) is 0 Å². The molecule has 0 aliphatic rings. The molecule has 10 heteroatoms. The molecular weight excluding hydrogens is 466 g/mol. The summed E-state index contributed by atoms with van der Waals surface area (Å²) in [5.41, 5.74) is 1.95. The second-order valence-corrected chi connectivity index (χ2v) is 9.40. The molecule has 0 spiro atoms. The molecule has 1 aromatic heterocycles. The maximum absolute atomic E-state index is 14.4. The fourth-order valence-corrected chi connectivity index (χ4v) is 5.03. The lowest BCUT2D eigenvalue weighted by atomic mass is 10.0. The van der Waals surface area contributed by atoms with Crippen molar-refractivity contribution in [2.45, 2.75) is 4.90 Å². The zero-order valence-corrected chi connectivity index (χ0v) is 17.9. The van der Waals surface area contributed by atoms with Gasteiger partial charge in [-0.3, -0.25) is 9.71 Å². The summed E-state index contributed by atoms with van der Waals surface area (Å²) >= 11 is 7.27. The fraction of sp³-hybridized carbons (Fsp3) is 0. The molecule has 0 bridgehead atoms. The number of aromatic nitrogens is 1. The maximum atomic E-state index is 14.4. The van der Waals surface area contributed by atoms with Gasteiger partial charge in [-0.05, 0) is 29.3 Å². The molecule has 4 rings (SSSR count). The highest BCUT2D eigenvalue weighted by molar-refractivity contribution is 7.92. The predicted octanol–water partition coefficient (Wildman–Crippen LogP) is 5.92. The summed E-state index contributed by atoms with van der Waals surface area (Å²) in [6.07, 6.45) is 1.52. The van der Waals surface area contributed by atoms with Crippen LogP contribution in [0.25, 0.3) is 21.6 Å². The van der Waals surface area contributed by atoms with Gasteiger partial charge >= 0.3 is 0 Å². The summed E-state index contributed by atoms with van der Waals surface area (Å²) in [6.45, 7) is 0. The van der Waals surface area contributed by atoms with Crippen molar-refractivity contribution in [3.63, 3.8) is 0 Å². The highest BCUT2D eigenvalue weighted by atomic mass is 35.5. The molecule has 5 nitrogen and oxygen atoms in total. The number of hydrogen-bond donors (Lipinski definition) is 2. The fourth-order valence-electron chi connectivity index (χ4n) is 2.95. The Bertz CT molecular complexity index is 1360. The van der Waals surface area contributed by atoms with Crippen molar-refractivity contribution in [3.05, 3.63) is 83.0 Å². The van der Waals surface area contributed by atoms with Gasteiger partial charge in [-0.25, -0.2) is 17.2 Å². The lowest BCUT2D eigenvalue weighted by molar-refractivity contribution is 0.459. The number of rotatable bonds is 5. The standard InChI is InChI=1S/C21H13ClF2N2O3S2/c22-15-6-13(19-10-25-11-30-19)7-20(21(15)27)31(28,29)26-18-8-14(16(23)9-17(18)24)12-4-2-1-3-5-12/h1-11,26-27H. The first-order valence-electron chi connectivity index (χ1n) is 8.75. The van der Waals surface area contributed by atoms with Crippen LogP contribution in [0, 0.1) is 11.6 Å². The third-order valence-electron chi connectivity index (χ3n) is 4.42. The van der Waals surface area contributed by atoms with Gasteiger partial charge in [0.05, 0.1) is 21.1 Å². The van der Waals surface area contributed by atoms with Crippen molar-refractivity contribution in [1.29, 1.82) is 0 Å². The maximum Gasteiger partial charge on any atom is 0.265 e. The molecule has 0 aliphatic carbocycles. The molecular formula is C21H13ClF2N2O3S2. The Labute approximate surface area is 185 Å². The zero-order chi connectivity index (χ0) is 22.2. The molecule has 3 aromatic carbocycles. The SMILES string of the molecule is O=S(=O)(Nc1cc(-c2ccccc2)c(F)cc1F)c1cc(-c2cncs2)cc(Cl)c1O. The second kappa shape index (κ2) is 8.26. The van der Waals surface area contributed by atoms with Crippen molar-refractivity contribution >= 4 is 38.6 Å². The van der Waals surface area contributed by atoms with E-state index in [4.69, 9.17) is 11.6 Å². The van der Waals surface area contributed by atoms with Gasteiger partial charge in [0.1, 0.15) is 16.5 Å². The van der Waals surface area contributed by atoms with Gasteiger partial charge in [-0.15, -0.1) is 11.3 Å². The van der Waals surface area contributed by atoms with Gasteiger partial charge < -0.3 is 5.11 Å². The van der Waals surface area contributed by atoms with E-state index in [1.54, 1.807) is 35.8 Å². The van der Waals surface area contributed by atoms with Crippen LogP contribution in [0.3, 0.4) is 0 Å². The summed E-state index contributed by atoms with van der Waals surface area (Å²) < 4.78 is 56.8. The van der Waals surface area contributed by atoms with Crippen molar-refractivity contribution in [1.82, 2.24) is 4.98 Å². The first kappa shape index (κ1) is 21.2. The minimum absolute atomic E-state index is 0.0142. The number of phenols is 1. The molecule has 0 saturated carbocycles. The molecule has 0 amide bonds. The quantitative estimate of drug-likeness (QED) is 0.373. The van der Waals surface area contributed by atoms with Crippen LogP contribution in [-0.2, 0) is 10.0 Å². The Morgan fingerprint density at radius 2 is 1.74 bits per heavy atom. The van der Waals surface area contributed by atoms with Crippen molar-refractivity contribution in [2.24, 2.45) is 0 Å². The van der Waals surface area contributed by atoms with Gasteiger partial charge in [-0.1, -0.05) is 41.9 Å². The zero-order valence-electron chi connectivity index (χ0n) is 15.5. The van der Waals surface area contributed by atoms with Crippen LogP contribution in [-0.4, -0.2) is 18.5 Å². The molecule has 0 saturated heterocycles. The van der Waals surface area contributed by atoms with Gasteiger partial charge in [0.25, 0.3) is 10.0 Å². The first-order valence-corrected chi connectivity index (χ1v) is 11.5. The van der Waals surface area contributed by atoms with Crippen LogP contribution < -0.4 is 4.72 Å². The smallest absolute Gasteiger partial charge is 0.265 e. The average molecular weight is 479 g/mol. The summed E-state index contributed by atoms with van der Waals surface area (Å²) in [6, 6.07) is 12.6. The summed E-state index contributed by atoms with van der Waals surface area (Å²) in [7, 11) is -4.48. The summed E-state index contributed by atoms with van der Waals surface area (Å²) in [5.74, 6) is -2.64. The number of nitrogens with one attached hydrogen (secondary N) is 1. The predicted molar refractivity (Wildman–Crippen MR) is 117 cm³/mol. The van der Waals surface area contributed by atoms with Gasteiger partial charge in [0.15, 0.2) is 5.75 Å². The average Bonchev–Trinajstić information content (AvgIpc) is 3.27. The number of anilines is 1. The van der Waals surface area contributed by atoms with E-state index in [9.17, 15) is 22.3 Å². The summed E-state index contributed by atoms with van der Waals surface area (Å²) in [5, 5.41) is 10.1. The molecule has 2 N–H and O–H groups in total. The highest BCUT2D eigenvalue weighted by Gasteiger charge is 2.25.